The summed E-state index contributed by atoms with van der Waals surface area (Å²) in [6.45, 7) is 5.52. The molecule has 2 rings (SSSR count). The number of nitrogens with zero attached hydrogens (tertiary/aromatic N) is 1. The molecule has 24 heavy (non-hydrogen) atoms. The fourth-order valence-corrected chi connectivity index (χ4v) is 3.53. The van der Waals surface area contributed by atoms with E-state index < -0.39 is 10.0 Å². The van der Waals surface area contributed by atoms with Gasteiger partial charge in [0.15, 0.2) is 5.75 Å². The largest absolute Gasteiger partial charge is 0.463 e. The van der Waals surface area contributed by atoms with Gasteiger partial charge in [-0.15, -0.1) is 0 Å². The Hall–Kier alpha value is -2.53. The van der Waals surface area contributed by atoms with Crippen molar-refractivity contribution < 1.29 is 13.2 Å². The Morgan fingerprint density at radius 1 is 0.958 bits per heavy atom. The molecule has 0 N–H and O–H groups in total. The van der Waals surface area contributed by atoms with Gasteiger partial charge in [-0.05, 0) is 45.0 Å². The molecule has 0 radical (unpaired) electrons. The van der Waals surface area contributed by atoms with E-state index in [2.05, 4.69) is 0 Å². The Morgan fingerprint density at radius 3 is 2.25 bits per heavy atom. The maximum Gasteiger partial charge on any atom is 0.268 e. The predicted molar refractivity (Wildman–Crippen MR) is 97.5 cm³/mol. The van der Waals surface area contributed by atoms with Crippen molar-refractivity contribution >= 4 is 15.7 Å². The summed E-state index contributed by atoms with van der Waals surface area (Å²) in [6, 6.07) is 13.8. The maximum absolute atomic E-state index is 13.1. The third-order valence-electron chi connectivity index (χ3n) is 3.30. The lowest BCUT2D eigenvalue weighted by Gasteiger charge is -2.22. The molecule has 4 nitrogen and oxygen atoms in total. The second-order valence-corrected chi connectivity index (χ2v) is 6.97. The Balaban J connectivity index is 2.56. The molecule has 126 valence electrons. The molecule has 0 aliphatic carbocycles. The van der Waals surface area contributed by atoms with E-state index in [4.69, 9.17) is 4.74 Å². The standard InChI is InChI=1S/C19H21NO3S/c1-4-14-20(18-8-6-7-9-19(18)23-15-5-2)24(21,22)17-12-10-16(3)11-13-17/h4-15H,1-3H3/b14-4+,15-5-. The summed E-state index contributed by atoms with van der Waals surface area (Å²) in [7, 11) is -3.74. The van der Waals surface area contributed by atoms with Gasteiger partial charge in [0.1, 0.15) is 0 Å². The number of hydrogen-bond acceptors (Lipinski definition) is 3. The molecular weight excluding hydrogens is 322 g/mol. The molecule has 0 bridgehead atoms. The van der Waals surface area contributed by atoms with Gasteiger partial charge in [-0.3, -0.25) is 0 Å². The molecule has 0 fully saturated rings. The van der Waals surface area contributed by atoms with Crippen molar-refractivity contribution in [1.29, 1.82) is 0 Å². The number of rotatable bonds is 6. The van der Waals surface area contributed by atoms with E-state index in [9.17, 15) is 8.42 Å². The van der Waals surface area contributed by atoms with Crippen LogP contribution >= 0.6 is 0 Å². The highest BCUT2D eigenvalue weighted by Crippen LogP contribution is 2.33. The Kier molecular flexibility index (Phi) is 5.82. The zero-order valence-corrected chi connectivity index (χ0v) is 14.8. The quantitative estimate of drug-likeness (QED) is 0.718. The molecule has 0 amide bonds. The van der Waals surface area contributed by atoms with Gasteiger partial charge in [0.25, 0.3) is 10.0 Å². The number of para-hydroxylation sites is 2. The minimum absolute atomic E-state index is 0.229. The number of benzene rings is 2. The average Bonchev–Trinajstić information content (AvgIpc) is 2.58. The van der Waals surface area contributed by atoms with Gasteiger partial charge in [0, 0.05) is 6.20 Å². The average molecular weight is 343 g/mol. The van der Waals surface area contributed by atoms with Crippen molar-refractivity contribution in [2.24, 2.45) is 0 Å². The topological polar surface area (TPSA) is 46.6 Å². The summed E-state index contributed by atoms with van der Waals surface area (Å²) in [5.41, 5.74) is 1.46. The van der Waals surface area contributed by atoms with Crippen molar-refractivity contribution in [3.63, 3.8) is 0 Å². The first-order valence-corrected chi connectivity index (χ1v) is 9.05. The van der Waals surface area contributed by atoms with Crippen molar-refractivity contribution in [3.8, 4) is 5.75 Å². The normalized spacial score (nSPS) is 12.0. The summed E-state index contributed by atoms with van der Waals surface area (Å²) < 4.78 is 32.9. The highest BCUT2D eigenvalue weighted by Gasteiger charge is 2.25. The molecule has 0 atom stereocenters. The molecule has 0 aliphatic heterocycles. The van der Waals surface area contributed by atoms with Gasteiger partial charge in [0.2, 0.25) is 0 Å². The Bertz CT molecular complexity index is 837. The molecule has 0 aliphatic rings. The van der Waals surface area contributed by atoms with Crippen LogP contribution in [0.4, 0.5) is 5.69 Å². The molecule has 2 aromatic rings. The van der Waals surface area contributed by atoms with Crippen LogP contribution in [0.3, 0.4) is 0 Å². The van der Waals surface area contributed by atoms with Gasteiger partial charge >= 0.3 is 0 Å². The number of hydrogen-bond donors (Lipinski definition) is 0. The molecule has 0 saturated carbocycles. The lowest BCUT2D eigenvalue weighted by molar-refractivity contribution is 0.481. The van der Waals surface area contributed by atoms with Gasteiger partial charge in [-0.2, -0.15) is 0 Å². The van der Waals surface area contributed by atoms with E-state index >= 15 is 0 Å². The van der Waals surface area contributed by atoms with Crippen LogP contribution in [0.2, 0.25) is 0 Å². The third-order valence-corrected chi connectivity index (χ3v) is 5.00. The van der Waals surface area contributed by atoms with Gasteiger partial charge in [-0.1, -0.05) is 42.0 Å². The van der Waals surface area contributed by atoms with E-state index in [1.54, 1.807) is 67.6 Å². The van der Waals surface area contributed by atoms with E-state index in [1.165, 1.54) is 16.8 Å². The van der Waals surface area contributed by atoms with Crippen LogP contribution in [0.5, 0.6) is 5.75 Å². The molecule has 0 heterocycles. The highest BCUT2D eigenvalue weighted by atomic mass is 32.2. The maximum atomic E-state index is 13.1. The fourth-order valence-electron chi connectivity index (χ4n) is 2.13. The summed E-state index contributed by atoms with van der Waals surface area (Å²) >= 11 is 0. The van der Waals surface area contributed by atoms with Gasteiger partial charge < -0.3 is 4.74 Å². The number of anilines is 1. The van der Waals surface area contributed by atoms with Crippen LogP contribution in [-0.4, -0.2) is 8.42 Å². The first-order chi connectivity index (χ1) is 11.5. The second-order valence-electron chi connectivity index (χ2n) is 5.15. The fraction of sp³-hybridized carbons (Fsp3) is 0.158. The number of aryl methyl sites for hydroxylation is 1. The van der Waals surface area contributed by atoms with Crippen molar-refractivity contribution in [2.45, 2.75) is 25.7 Å². The monoisotopic (exact) mass is 343 g/mol. The molecule has 0 aromatic heterocycles. The predicted octanol–water partition coefficient (Wildman–Crippen LogP) is 4.64. The van der Waals surface area contributed by atoms with Crippen LogP contribution in [0, 0.1) is 6.92 Å². The van der Waals surface area contributed by atoms with Crippen LogP contribution < -0.4 is 9.04 Å². The number of allylic oxidation sites excluding steroid dienone is 2. The van der Waals surface area contributed by atoms with E-state index in [-0.39, 0.29) is 4.90 Å². The van der Waals surface area contributed by atoms with Crippen LogP contribution in [0.25, 0.3) is 0 Å². The van der Waals surface area contributed by atoms with Crippen molar-refractivity contribution in [1.82, 2.24) is 0 Å². The Morgan fingerprint density at radius 2 is 1.62 bits per heavy atom. The molecule has 0 saturated heterocycles. The minimum Gasteiger partial charge on any atom is -0.463 e. The number of sulfonamides is 1. The first kappa shape index (κ1) is 17.8. The highest BCUT2D eigenvalue weighted by molar-refractivity contribution is 7.93. The zero-order chi connectivity index (χ0) is 17.6. The van der Waals surface area contributed by atoms with E-state index in [1.807, 2.05) is 13.8 Å². The molecule has 0 unspecified atom stereocenters. The van der Waals surface area contributed by atoms with E-state index in [0.717, 1.165) is 5.56 Å². The summed E-state index contributed by atoms with van der Waals surface area (Å²) in [6.07, 6.45) is 6.46. The smallest absolute Gasteiger partial charge is 0.268 e. The minimum atomic E-state index is -3.74. The number of ether oxygens (including phenoxy) is 1. The van der Waals surface area contributed by atoms with Crippen LogP contribution in [-0.2, 0) is 10.0 Å². The van der Waals surface area contributed by atoms with Crippen LogP contribution in [0.1, 0.15) is 19.4 Å². The zero-order valence-electron chi connectivity index (χ0n) is 14.0. The van der Waals surface area contributed by atoms with Crippen molar-refractivity contribution in [3.05, 3.63) is 78.7 Å². The molecule has 2 aromatic carbocycles. The molecule has 0 spiro atoms. The van der Waals surface area contributed by atoms with E-state index in [0.29, 0.717) is 11.4 Å². The lowest BCUT2D eigenvalue weighted by Crippen LogP contribution is -2.26. The van der Waals surface area contributed by atoms with Gasteiger partial charge in [-0.25, -0.2) is 12.7 Å². The van der Waals surface area contributed by atoms with Crippen LogP contribution in [0.15, 0.2) is 78.0 Å². The summed E-state index contributed by atoms with van der Waals surface area (Å²) in [4.78, 5) is 0.229. The summed E-state index contributed by atoms with van der Waals surface area (Å²) in [5, 5.41) is 0. The lowest BCUT2D eigenvalue weighted by atomic mass is 10.2. The molecular formula is C19H21NO3S. The first-order valence-electron chi connectivity index (χ1n) is 7.61. The Labute approximate surface area is 143 Å². The summed E-state index contributed by atoms with van der Waals surface area (Å²) in [5.74, 6) is 0.462. The SMILES string of the molecule is C/C=C\Oc1ccccc1N(/C=C/C)S(=O)(=O)c1ccc(C)cc1. The van der Waals surface area contributed by atoms with Crippen molar-refractivity contribution in [2.75, 3.05) is 4.31 Å². The third kappa shape index (κ3) is 3.86. The molecule has 5 heteroatoms. The van der Waals surface area contributed by atoms with Gasteiger partial charge in [0.05, 0.1) is 16.8 Å². The second kappa shape index (κ2) is 7.84.